The van der Waals surface area contributed by atoms with E-state index in [1.54, 1.807) is 33.1 Å². The van der Waals surface area contributed by atoms with Gasteiger partial charge in [-0.25, -0.2) is 4.98 Å². The number of aliphatic imine (C=N–C) groups is 1. The van der Waals surface area contributed by atoms with E-state index in [0.29, 0.717) is 22.7 Å². The third-order valence-electron chi connectivity index (χ3n) is 2.98. The first-order valence-electron chi connectivity index (χ1n) is 6.33. The summed E-state index contributed by atoms with van der Waals surface area (Å²) in [4.78, 5) is 22.4. The Morgan fingerprint density at radius 2 is 2.10 bits per heavy atom. The summed E-state index contributed by atoms with van der Waals surface area (Å²) in [5.74, 6) is 0.895. The second-order valence-corrected chi connectivity index (χ2v) is 4.42. The number of guanidine groups is 1. The number of aromatic nitrogens is 2. The van der Waals surface area contributed by atoms with E-state index in [-0.39, 0.29) is 17.5 Å². The lowest BCUT2D eigenvalue weighted by atomic mass is 10.3. The summed E-state index contributed by atoms with van der Waals surface area (Å²) >= 11 is 0. The van der Waals surface area contributed by atoms with Crippen LogP contribution in [0.4, 0.5) is 11.6 Å². The number of nitrogens with one attached hydrogen (secondary N) is 2. The average Bonchev–Trinajstić information content (AvgIpc) is 2.45. The van der Waals surface area contributed by atoms with Gasteiger partial charge in [0.05, 0.1) is 12.8 Å². The Morgan fingerprint density at radius 3 is 2.76 bits per heavy atom. The van der Waals surface area contributed by atoms with Crippen molar-refractivity contribution in [3.8, 4) is 5.75 Å². The zero-order chi connectivity index (χ0) is 15.4. The number of ether oxygens (including phenoxy) is 1. The summed E-state index contributed by atoms with van der Waals surface area (Å²) in [6.45, 7) is 3.44. The molecule has 4 N–H and O–H groups in total. The van der Waals surface area contributed by atoms with E-state index in [2.05, 4.69) is 20.3 Å². The summed E-state index contributed by atoms with van der Waals surface area (Å²) in [5, 5.41) is 2.90. The van der Waals surface area contributed by atoms with Gasteiger partial charge in [0.15, 0.2) is 0 Å². The highest BCUT2D eigenvalue weighted by Gasteiger charge is 2.05. The maximum atomic E-state index is 11.7. The number of aromatic amines is 1. The minimum absolute atomic E-state index is 0.103. The van der Waals surface area contributed by atoms with Crippen molar-refractivity contribution in [2.75, 3.05) is 12.4 Å². The second kappa shape index (κ2) is 6.08. The maximum absolute atomic E-state index is 11.7. The minimum Gasteiger partial charge on any atom is -0.495 e. The fraction of sp³-hybridized carbons (Fsp3) is 0.214. The Balaban J connectivity index is 2.28. The molecule has 0 bridgehead atoms. The molecule has 0 atom stereocenters. The zero-order valence-electron chi connectivity index (χ0n) is 12.1. The highest BCUT2D eigenvalue weighted by molar-refractivity contribution is 5.94. The number of anilines is 1. The predicted molar refractivity (Wildman–Crippen MR) is 82.2 cm³/mol. The van der Waals surface area contributed by atoms with Gasteiger partial charge in [-0.05, 0) is 26.0 Å². The third kappa shape index (κ3) is 3.38. The summed E-state index contributed by atoms with van der Waals surface area (Å²) in [6, 6.07) is 7.29. The van der Waals surface area contributed by atoms with Gasteiger partial charge in [0.2, 0.25) is 11.9 Å². The van der Waals surface area contributed by atoms with Crippen LogP contribution in [0.15, 0.2) is 34.1 Å². The lowest BCUT2D eigenvalue weighted by molar-refractivity contribution is 0.417. The van der Waals surface area contributed by atoms with Crippen molar-refractivity contribution in [2.24, 2.45) is 10.7 Å². The number of para-hydroxylation sites is 2. The molecule has 0 saturated heterocycles. The molecule has 0 aliphatic rings. The minimum atomic E-state index is -0.230. The van der Waals surface area contributed by atoms with Crippen molar-refractivity contribution in [2.45, 2.75) is 13.8 Å². The molecule has 0 aliphatic heterocycles. The Morgan fingerprint density at radius 1 is 1.38 bits per heavy atom. The summed E-state index contributed by atoms with van der Waals surface area (Å²) in [6.07, 6.45) is 0. The number of H-pyrrole nitrogens is 1. The van der Waals surface area contributed by atoms with Crippen LogP contribution in [0.3, 0.4) is 0 Å². The largest absolute Gasteiger partial charge is 0.495 e. The van der Waals surface area contributed by atoms with Crippen LogP contribution in [0, 0.1) is 13.8 Å². The first kappa shape index (κ1) is 14.6. The van der Waals surface area contributed by atoms with Crippen molar-refractivity contribution in [3.05, 3.63) is 45.9 Å². The molecule has 0 amide bonds. The predicted octanol–water partition coefficient (Wildman–Crippen LogP) is 1.45. The van der Waals surface area contributed by atoms with Gasteiger partial charge >= 0.3 is 0 Å². The monoisotopic (exact) mass is 287 g/mol. The molecule has 21 heavy (non-hydrogen) atoms. The number of benzene rings is 1. The van der Waals surface area contributed by atoms with E-state index in [4.69, 9.17) is 10.5 Å². The fourth-order valence-corrected chi connectivity index (χ4v) is 1.71. The third-order valence-corrected chi connectivity index (χ3v) is 2.98. The molecule has 2 rings (SSSR count). The van der Waals surface area contributed by atoms with Gasteiger partial charge in [-0.3, -0.25) is 9.78 Å². The van der Waals surface area contributed by atoms with E-state index >= 15 is 0 Å². The van der Waals surface area contributed by atoms with E-state index in [1.165, 1.54) is 0 Å². The van der Waals surface area contributed by atoms with Gasteiger partial charge in [0, 0.05) is 11.3 Å². The smallest absolute Gasteiger partial charge is 0.255 e. The number of rotatable bonds is 3. The summed E-state index contributed by atoms with van der Waals surface area (Å²) < 4.78 is 5.20. The topological polar surface area (TPSA) is 105 Å². The molecular formula is C14H17N5O2. The molecule has 0 aliphatic carbocycles. The number of aryl methyl sites for hydroxylation is 1. The Hall–Kier alpha value is -2.83. The van der Waals surface area contributed by atoms with E-state index < -0.39 is 0 Å². The van der Waals surface area contributed by atoms with Gasteiger partial charge in [0.1, 0.15) is 5.75 Å². The molecule has 1 heterocycles. The maximum Gasteiger partial charge on any atom is 0.255 e. The number of methoxy groups -OCH3 is 1. The highest BCUT2D eigenvalue weighted by atomic mass is 16.5. The van der Waals surface area contributed by atoms with Crippen LogP contribution in [-0.2, 0) is 0 Å². The van der Waals surface area contributed by atoms with Crippen LogP contribution in [0.5, 0.6) is 5.75 Å². The number of nitrogens with two attached hydrogens (primary N) is 1. The number of hydrogen-bond acceptors (Lipinski definition) is 4. The van der Waals surface area contributed by atoms with Gasteiger partial charge < -0.3 is 15.8 Å². The Labute approximate surface area is 121 Å². The van der Waals surface area contributed by atoms with Crippen LogP contribution in [-0.4, -0.2) is 23.0 Å². The second-order valence-electron chi connectivity index (χ2n) is 4.42. The van der Waals surface area contributed by atoms with Crippen LogP contribution in [0.1, 0.15) is 11.3 Å². The molecule has 0 unspecified atom stereocenters. The van der Waals surface area contributed by atoms with Gasteiger partial charge in [-0.2, -0.15) is 4.99 Å². The molecule has 7 nitrogen and oxygen atoms in total. The van der Waals surface area contributed by atoms with Crippen LogP contribution in [0.25, 0.3) is 0 Å². The average molecular weight is 287 g/mol. The molecule has 2 aromatic rings. The van der Waals surface area contributed by atoms with Crippen molar-refractivity contribution in [1.82, 2.24) is 9.97 Å². The fourth-order valence-electron chi connectivity index (χ4n) is 1.71. The van der Waals surface area contributed by atoms with Crippen molar-refractivity contribution >= 4 is 17.6 Å². The molecule has 110 valence electrons. The Kier molecular flexibility index (Phi) is 4.22. The number of nitrogens with zero attached hydrogens (tertiary/aromatic N) is 2. The molecule has 0 spiro atoms. The SMILES string of the molecule is COc1ccccc1NC(N)=Nc1nc(C)c(C)c(=O)[nH]1. The van der Waals surface area contributed by atoms with Crippen molar-refractivity contribution in [3.63, 3.8) is 0 Å². The Bertz CT molecular complexity index is 736. The van der Waals surface area contributed by atoms with Gasteiger partial charge in [-0.1, -0.05) is 12.1 Å². The first-order chi connectivity index (χ1) is 10.0. The van der Waals surface area contributed by atoms with Crippen molar-refractivity contribution < 1.29 is 4.74 Å². The van der Waals surface area contributed by atoms with Crippen LogP contribution < -0.4 is 21.3 Å². The molecule has 0 fully saturated rings. The zero-order valence-corrected chi connectivity index (χ0v) is 12.1. The normalized spacial score (nSPS) is 11.3. The van der Waals surface area contributed by atoms with E-state index in [1.807, 2.05) is 12.1 Å². The van der Waals surface area contributed by atoms with Crippen LogP contribution >= 0.6 is 0 Å². The highest BCUT2D eigenvalue weighted by Crippen LogP contribution is 2.22. The summed E-state index contributed by atoms with van der Waals surface area (Å²) in [5.41, 5.74) is 7.44. The number of hydrogen-bond donors (Lipinski definition) is 3. The molecule has 0 saturated carbocycles. The molecule has 1 aromatic carbocycles. The van der Waals surface area contributed by atoms with E-state index in [0.717, 1.165) is 0 Å². The van der Waals surface area contributed by atoms with E-state index in [9.17, 15) is 4.79 Å². The molecule has 7 heteroatoms. The molecular weight excluding hydrogens is 270 g/mol. The van der Waals surface area contributed by atoms with Crippen molar-refractivity contribution in [1.29, 1.82) is 0 Å². The quantitative estimate of drug-likeness (QED) is 0.585. The standard InChI is InChI=1S/C14H17N5O2/c1-8-9(2)16-14(18-12(8)20)19-13(15)17-10-6-4-5-7-11(10)21-3/h4-7H,1-3H3,(H4,15,16,17,18,19,20). The molecule has 1 aromatic heterocycles. The van der Waals surface area contributed by atoms with Gasteiger partial charge in [0.25, 0.3) is 5.56 Å². The van der Waals surface area contributed by atoms with Gasteiger partial charge in [-0.15, -0.1) is 0 Å². The first-order valence-corrected chi connectivity index (χ1v) is 6.33. The molecule has 0 radical (unpaired) electrons. The summed E-state index contributed by atoms with van der Waals surface area (Å²) in [7, 11) is 1.57. The van der Waals surface area contributed by atoms with Crippen LogP contribution in [0.2, 0.25) is 0 Å². The lowest BCUT2D eigenvalue weighted by Crippen LogP contribution is -2.23. The lowest BCUT2D eigenvalue weighted by Gasteiger charge is -2.09.